The first-order valence-electron chi connectivity index (χ1n) is 10.9. The number of ether oxygens (including phenoxy) is 1. The Morgan fingerprint density at radius 3 is 2.31 bits per heavy atom. The first kappa shape index (κ1) is 25.3. The van der Waals surface area contributed by atoms with Crippen LogP contribution in [-0.4, -0.2) is 23.6 Å². The van der Waals surface area contributed by atoms with E-state index in [0.717, 1.165) is 34.1 Å². The molecule has 3 aromatic rings. The van der Waals surface area contributed by atoms with Crippen LogP contribution in [-0.2, 0) is 20.5 Å². The van der Waals surface area contributed by atoms with Gasteiger partial charge in [-0.2, -0.15) is 13.2 Å². The van der Waals surface area contributed by atoms with Crippen molar-refractivity contribution in [1.82, 2.24) is 4.57 Å². The summed E-state index contributed by atoms with van der Waals surface area (Å²) in [5.74, 6) is -1.38. The minimum absolute atomic E-state index is 0.00141. The molecule has 0 fully saturated rings. The molecule has 9 heteroatoms. The molecule has 36 heavy (non-hydrogen) atoms. The number of alkyl halides is 3. The highest BCUT2D eigenvalue weighted by atomic mass is 35.5. The van der Waals surface area contributed by atoms with Crippen LogP contribution < -0.4 is 4.90 Å². The minimum Gasteiger partial charge on any atom is -0.465 e. The van der Waals surface area contributed by atoms with Gasteiger partial charge in [-0.15, -0.1) is 0 Å². The van der Waals surface area contributed by atoms with Gasteiger partial charge < -0.3 is 9.30 Å². The Morgan fingerprint density at radius 2 is 1.67 bits per heavy atom. The Morgan fingerprint density at radius 1 is 1.00 bits per heavy atom. The van der Waals surface area contributed by atoms with Gasteiger partial charge in [-0.1, -0.05) is 23.7 Å². The summed E-state index contributed by atoms with van der Waals surface area (Å²) in [6.07, 6.45) is -3.02. The number of hydrogen-bond donors (Lipinski definition) is 0. The molecular formula is C27H22ClF3N2O3. The lowest BCUT2D eigenvalue weighted by Gasteiger charge is -2.19. The predicted octanol–water partition coefficient (Wildman–Crippen LogP) is 6.64. The monoisotopic (exact) mass is 514 g/mol. The van der Waals surface area contributed by atoms with Gasteiger partial charge >= 0.3 is 12.1 Å². The van der Waals surface area contributed by atoms with Gasteiger partial charge in [0.1, 0.15) is 0 Å². The average molecular weight is 515 g/mol. The molecule has 2 aromatic carbocycles. The van der Waals surface area contributed by atoms with Gasteiger partial charge in [0, 0.05) is 33.5 Å². The summed E-state index contributed by atoms with van der Waals surface area (Å²) in [6.45, 7) is 5.25. The quantitative estimate of drug-likeness (QED) is 0.289. The van der Waals surface area contributed by atoms with Crippen LogP contribution in [0.1, 0.15) is 29.4 Å². The van der Waals surface area contributed by atoms with Crippen molar-refractivity contribution in [3.05, 3.63) is 99.0 Å². The summed E-state index contributed by atoms with van der Waals surface area (Å²) < 4.78 is 46.8. The van der Waals surface area contributed by atoms with E-state index in [9.17, 15) is 22.8 Å². The number of carbonyl (C=O) groups excluding carboxylic acids is 2. The van der Waals surface area contributed by atoms with Crippen molar-refractivity contribution >= 4 is 35.2 Å². The number of amides is 1. The second-order valence-corrected chi connectivity index (χ2v) is 8.78. The van der Waals surface area contributed by atoms with Gasteiger partial charge in [-0.3, -0.25) is 9.69 Å². The molecule has 0 spiro atoms. The van der Waals surface area contributed by atoms with Crippen LogP contribution in [0.4, 0.5) is 18.9 Å². The molecule has 1 aliphatic heterocycles. The number of allylic oxidation sites excluding steroid dienone is 1. The zero-order valence-corrected chi connectivity index (χ0v) is 20.7. The Kier molecular flexibility index (Phi) is 6.58. The zero-order chi connectivity index (χ0) is 26.4. The van der Waals surface area contributed by atoms with E-state index < -0.39 is 23.6 Å². The summed E-state index contributed by atoms with van der Waals surface area (Å²) in [7, 11) is 1.18. The van der Waals surface area contributed by atoms with Gasteiger partial charge in [0.05, 0.1) is 23.8 Å². The number of aryl methyl sites for hydroxylation is 1. The number of methoxy groups -OCH3 is 1. The maximum Gasteiger partial charge on any atom is 0.416 e. The Balaban J connectivity index is 1.85. The van der Waals surface area contributed by atoms with Crippen molar-refractivity contribution in [2.24, 2.45) is 0 Å². The van der Waals surface area contributed by atoms with E-state index >= 15 is 0 Å². The molecule has 1 amide bonds. The average Bonchev–Trinajstić information content (AvgIpc) is 3.24. The number of esters is 1. The highest BCUT2D eigenvalue weighted by molar-refractivity contribution is 6.30. The largest absolute Gasteiger partial charge is 0.465 e. The molecule has 0 saturated heterocycles. The number of anilines is 1. The Bertz CT molecular complexity index is 1450. The van der Waals surface area contributed by atoms with E-state index in [4.69, 9.17) is 16.3 Å². The summed E-state index contributed by atoms with van der Waals surface area (Å²) in [6, 6.07) is 13.5. The fourth-order valence-corrected chi connectivity index (χ4v) is 4.60. The van der Waals surface area contributed by atoms with Crippen LogP contribution in [0.3, 0.4) is 0 Å². The summed E-state index contributed by atoms with van der Waals surface area (Å²) in [4.78, 5) is 27.3. The highest BCUT2D eigenvalue weighted by Crippen LogP contribution is 2.38. The predicted molar refractivity (Wildman–Crippen MR) is 132 cm³/mol. The number of aromatic nitrogens is 1. The van der Waals surface area contributed by atoms with Crippen molar-refractivity contribution in [2.75, 3.05) is 12.0 Å². The van der Waals surface area contributed by atoms with E-state index in [0.29, 0.717) is 10.6 Å². The number of benzene rings is 2. The van der Waals surface area contributed by atoms with E-state index in [-0.39, 0.29) is 22.5 Å². The van der Waals surface area contributed by atoms with E-state index in [1.165, 1.54) is 26.2 Å². The number of hydrogen-bond acceptors (Lipinski definition) is 3. The van der Waals surface area contributed by atoms with E-state index in [1.807, 2.05) is 36.6 Å². The molecule has 186 valence electrons. The number of carbonyl (C=O) groups is 2. The van der Waals surface area contributed by atoms with Crippen LogP contribution in [0.15, 0.2) is 71.4 Å². The third-order valence-corrected chi connectivity index (χ3v) is 6.29. The molecule has 0 aliphatic carbocycles. The molecular weight excluding hydrogens is 493 g/mol. The van der Waals surface area contributed by atoms with Crippen molar-refractivity contribution in [2.45, 2.75) is 26.9 Å². The molecule has 0 unspecified atom stereocenters. The first-order chi connectivity index (χ1) is 16.9. The van der Waals surface area contributed by atoms with Gasteiger partial charge in [-0.05, 0) is 74.9 Å². The third kappa shape index (κ3) is 4.44. The maximum absolute atomic E-state index is 13.5. The van der Waals surface area contributed by atoms with Crippen LogP contribution >= 0.6 is 11.6 Å². The van der Waals surface area contributed by atoms with Gasteiger partial charge in [0.15, 0.2) is 0 Å². The van der Waals surface area contributed by atoms with Gasteiger partial charge in [0.25, 0.3) is 5.91 Å². The molecule has 1 aromatic heterocycles. The molecule has 1 aliphatic rings. The standard InChI is InChI=1S/C27H22ClF3N2O3/c1-15-11-18(16(2)32(15)22-10-6-8-20(28)14-22)12-23-24(26(35)36-4)17(3)33(25(23)34)21-9-5-7-19(13-21)27(29,30)31/h5-14H,1-4H3/b23-12-. The lowest BCUT2D eigenvalue weighted by Crippen LogP contribution is -2.25. The highest BCUT2D eigenvalue weighted by Gasteiger charge is 2.39. The summed E-state index contributed by atoms with van der Waals surface area (Å²) >= 11 is 6.16. The van der Waals surface area contributed by atoms with Crippen molar-refractivity contribution in [3.8, 4) is 5.69 Å². The van der Waals surface area contributed by atoms with Crippen LogP contribution in [0.5, 0.6) is 0 Å². The van der Waals surface area contributed by atoms with Crippen LogP contribution in [0, 0.1) is 13.8 Å². The van der Waals surface area contributed by atoms with Crippen LogP contribution in [0.2, 0.25) is 5.02 Å². The zero-order valence-electron chi connectivity index (χ0n) is 19.9. The Labute approximate surface area is 211 Å². The third-order valence-electron chi connectivity index (χ3n) is 6.06. The minimum atomic E-state index is -4.59. The van der Waals surface area contributed by atoms with Gasteiger partial charge in [-0.25, -0.2) is 4.79 Å². The fourth-order valence-electron chi connectivity index (χ4n) is 4.41. The fraction of sp³-hybridized carbons (Fsp3) is 0.185. The van der Waals surface area contributed by atoms with Gasteiger partial charge in [0.2, 0.25) is 0 Å². The number of nitrogens with zero attached hydrogens (tertiary/aromatic N) is 2. The van der Waals surface area contributed by atoms with Crippen molar-refractivity contribution < 1.29 is 27.5 Å². The molecule has 0 radical (unpaired) electrons. The van der Waals surface area contributed by atoms with Crippen molar-refractivity contribution in [1.29, 1.82) is 0 Å². The lowest BCUT2D eigenvalue weighted by molar-refractivity contribution is -0.137. The van der Waals surface area contributed by atoms with E-state index in [2.05, 4.69) is 0 Å². The normalized spacial score (nSPS) is 15.3. The molecule has 0 atom stereocenters. The second kappa shape index (κ2) is 9.35. The van der Waals surface area contributed by atoms with Crippen LogP contribution in [0.25, 0.3) is 11.8 Å². The summed E-state index contributed by atoms with van der Waals surface area (Å²) in [5.41, 5.74) is 2.44. The number of rotatable bonds is 4. The molecule has 0 bridgehead atoms. The topological polar surface area (TPSA) is 51.5 Å². The maximum atomic E-state index is 13.5. The SMILES string of the molecule is COC(=O)C1=C(C)N(c2cccc(C(F)(F)F)c2)C(=O)/C1=C\c1cc(C)n(-c2cccc(Cl)c2)c1C. The first-order valence-corrected chi connectivity index (χ1v) is 11.3. The number of halogens is 4. The molecule has 0 N–H and O–H groups in total. The smallest absolute Gasteiger partial charge is 0.416 e. The molecule has 0 saturated carbocycles. The molecule has 4 rings (SSSR count). The van der Waals surface area contributed by atoms with E-state index in [1.54, 1.807) is 18.2 Å². The summed E-state index contributed by atoms with van der Waals surface area (Å²) in [5, 5.41) is 0.564. The lowest BCUT2D eigenvalue weighted by atomic mass is 10.0. The molecule has 2 heterocycles. The molecule has 5 nitrogen and oxygen atoms in total. The second-order valence-electron chi connectivity index (χ2n) is 8.34. The van der Waals surface area contributed by atoms with Crippen molar-refractivity contribution in [3.63, 3.8) is 0 Å². The Hall–Kier alpha value is -3.78.